The minimum Gasteiger partial charge on any atom is -0.351 e. The van der Waals surface area contributed by atoms with E-state index in [0.717, 1.165) is 30.0 Å². The van der Waals surface area contributed by atoms with E-state index in [9.17, 15) is 4.79 Å². The second-order valence-corrected chi connectivity index (χ2v) is 3.89. The van der Waals surface area contributed by atoms with E-state index in [4.69, 9.17) is 0 Å². The van der Waals surface area contributed by atoms with Crippen LogP contribution in [0.3, 0.4) is 0 Å². The topological polar surface area (TPSA) is 46.1 Å². The van der Waals surface area contributed by atoms with Gasteiger partial charge in [0.2, 0.25) is 0 Å². The third kappa shape index (κ3) is 3.75. The van der Waals surface area contributed by atoms with Crippen LogP contribution in [0, 0.1) is 13.8 Å². The number of aromatic nitrogens is 1. The molecule has 0 unspecified atom stereocenters. The van der Waals surface area contributed by atoms with Crippen LogP contribution < -0.4 is 10.6 Å². The summed E-state index contributed by atoms with van der Waals surface area (Å²) in [6.45, 7) is 8.46. The molecule has 1 aromatic heterocycles. The Morgan fingerprint density at radius 3 is 2.47 bits per heavy atom. The number of likely N-dealkylation sites (N-methyl/N-ethyl adjacent to an activating group) is 1. The summed E-state index contributed by atoms with van der Waals surface area (Å²) in [5.41, 5.74) is 2.97. The minimum absolute atomic E-state index is 0. The van der Waals surface area contributed by atoms with E-state index in [-0.39, 0.29) is 18.3 Å². The van der Waals surface area contributed by atoms with Gasteiger partial charge in [-0.05, 0) is 33.9 Å². The van der Waals surface area contributed by atoms with Crippen LogP contribution in [0.4, 0.5) is 0 Å². The van der Waals surface area contributed by atoms with Crippen molar-refractivity contribution in [3.8, 4) is 0 Å². The van der Waals surface area contributed by atoms with Gasteiger partial charge in [-0.2, -0.15) is 0 Å². The molecule has 0 spiro atoms. The number of halogens is 1. The zero-order valence-corrected chi connectivity index (χ0v) is 11.8. The minimum atomic E-state index is 0. The molecule has 0 aliphatic carbocycles. The molecule has 0 fully saturated rings. The Kier molecular flexibility index (Phi) is 6.92. The predicted octanol–water partition coefficient (Wildman–Crippen LogP) is 1.50. The average Bonchev–Trinajstić information content (AvgIpc) is 2.54. The van der Waals surface area contributed by atoms with Crippen molar-refractivity contribution in [2.75, 3.05) is 20.1 Å². The molecule has 98 valence electrons. The molecule has 5 heteroatoms. The van der Waals surface area contributed by atoms with Gasteiger partial charge in [0.1, 0.15) is 0 Å². The average molecular weight is 260 g/mol. The van der Waals surface area contributed by atoms with Crippen LogP contribution in [0.5, 0.6) is 0 Å². The largest absolute Gasteiger partial charge is 0.351 e. The van der Waals surface area contributed by atoms with E-state index in [1.807, 2.05) is 27.0 Å². The predicted molar refractivity (Wildman–Crippen MR) is 73.1 cm³/mol. The van der Waals surface area contributed by atoms with E-state index >= 15 is 0 Å². The van der Waals surface area contributed by atoms with Gasteiger partial charge in [0.15, 0.2) is 0 Å². The molecule has 4 nitrogen and oxygen atoms in total. The Morgan fingerprint density at radius 1 is 1.35 bits per heavy atom. The lowest BCUT2D eigenvalue weighted by molar-refractivity contribution is 0.0953. The molecule has 1 heterocycles. The number of hydrogen-bond donors (Lipinski definition) is 2. The molecule has 0 bridgehead atoms. The smallest absolute Gasteiger partial charge is 0.253 e. The maximum Gasteiger partial charge on any atom is 0.253 e. The van der Waals surface area contributed by atoms with Crippen LogP contribution >= 0.6 is 12.4 Å². The molecule has 2 N–H and O–H groups in total. The van der Waals surface area contributed by atoms with Crippen molar-refractivity contribution in [3.63, 3.8) is 0 Å². The number of carbonyl (C=O) groups is 1. The van der Waals surface area contributed by atoms with Gasteiger partial charge in [-0.15, -0.1) is 12.4 Å². The zero-order chi connectivity index (χ0) is 12.1. The summed E-state index contributed by atoms with van der Waals surface area (Å²) < 4.78 is 2.15. The first-order valence-electron chi connectivity index (χ1n) is 5.71. The molecule has 1 rings (SSSR count). The first-order chi connectivity index (χ1) is 7.61. The lowest BCUT2D eigenvalue weighted by atomic mass is 10.2. The Balaban J connectivity index is 0.00000256. The van der Waals surface area contributed by atoms with Crippen molar-refractivity contribution in [1.82, 2.24) is 15.2 Å². The van der Waals surface area contributed by atoms with Gasteiger partial charge in [0, 0.05) is 31.0 Å². The van der Waals surface area contributed by atoms with Gasteiger partial charge in [-0.3, -0.25) is 4.79 Å². The molecule has 1 amide bonds. The molecule has 0 saturated heterocycles. The molecule has 0 aliphatic heterocycles. The van der Waals surface area contributed by atoms with Gasteiger partial charge < -0.3 is 15.2 Å². The van der Waals surface area contributed by atoms with Gasteiger partial charge in [0.25, 0.3) is 5.91 Å². The van der Waals surface area contributed by atoms with E-state index in [1.54, 1.807) is 0 Å². The van der Waals surface area contributed by atoms with Crippen molar-refractivity contribution in [3.05, 3.63) is 23.0 Å². The van der Waals surface area contributed by atoms with Crippen molar-refractivity contribution in [2.45, 2.75) is 27.3 Å². The summed E-state index contributed by atoms with van der Waals surface area (Å²) >= 11 is 0. The van der Waals surface area contributed by atoms with Crippen LogP contribution in [0.2, 0.25) is 0 Å². The summed E-state index contributed by atoms with van der Waals surface area (Å²) in [6, 6.07) is 1.95. The molecule has 0 atom stereocenters. The van der Waals surface area contributed by atoms with E-state index in [0.29, 0.717) is 6.54 Å². The highest BCUT2D eigenvalue weighted by atomic mass is 35.5. The maximum absolute atomic E-state index is 11.9. The van der Waals surface area contributed by atoms with Gasteiger partial charge >= 0.3 is 0 Å². The van der Waals surface area contributed by atoms with Crippen LogP contribution in [-0.2, 0) is 6.54 Å². The van der Waals surface area contributed by atoms with Crippen LogP contribution in [0.15, 0.2) is 6.07 Å². The van der Waals surface area contributed by atoms with Crippen molar-refractivity contribution < 1.29 is 4.79 Å². The second-order valence-electron chi connectivity index (χ2n) is 3.89. The third-order valence-corrected chi connectivity index (χ3v) is 2.80. The lowest BCUT2D eigenvalue weighted by Gasteiger charge is -2.06. The van der Waals surface area contributed by atoms with Crippen molar-refractivity contribution >= 4 is 18.3 Å². The maximum atomic E-state index is 11.9. The summed E-state index contributed by atoms with van der Waals surface area (Å²) in [7, 11) is 1.87. The molecule has 0 radical (unpaired) electrons. The highest BCUT2D eigenvalue weighted by Gasteiger charge is 2.13. The van der Waals surface area contributed by atoms with Crippen LogP contribution in [-0.4, -0.2) is 30.6 Å². The Bertz CT molecular complexity index is 374. The fourth-order valence-corrected chi connectivity index (χ4v) is 1.91. The standard InChI is InChI=1S/C12H21N3O.ClH/c1-5-15-9(2)8-11(10(15)3)12(16)14-7-6-13-4;/h8,13H,5-7H2,1-4H3,(H,14,16);1H. The Morgan fingerprint density at radius 2 is 2.00 bits per heavy atom. The number of carbonyl (C=O) groups excluding carboxylic acids is 1. The number of nitrogens with one attached hydrogen (secondary N) is 2. The summed E-state index contributed by atoms with van der Waals surface area (Å²) in [5, 5.41) is 5.89. The Hall–Kier alpha value is -1.00. The Labute approximate surface area is 109 Å². The fraction of sp³-hybridized carbons (Fsp3) is 0.583. The highest BCUT2D eigenvalue weighted by molar-refractivity contribution is 5.95. The van der Waals surface area contributed by atoms with Crippen LogP contribution in [0.25, 0.3) is 0 Å². The first-order valence-corrected chi connectivity index (χ1v) is 5.71. The zero-order valence-electron chi connectivity index (χ0n) is 11.0. The van der Waals surface area contributed by atoms with Crippen LogP contribution in [0.1, 0.15) is 28.7 Å². The quantitative estimate of drug-likeness (QED) is 0.788. The number of rotatable bonds is 5. The third-order valence-electron chi connectivity index (χ3n) is 2.80. The summed E-state index contributed by atoms with van der Waals surface area (Å²) in [5.74, 6) is 0.0167. The monoisotopic (exact) mass is 259 g/mol. The number of aryl methyl sites for hydroxylation is 1. The molecule has 0 aromatic carbocycles. The number of nitrogens with zero attached hydrogens (tertiary/aromatic N) is 1. The second kappa shape index (κ2) is 7.35. The van der Waals surface area contributed by atoms with Gasteiger partial charge in [0.05, 0.1) is 5.56 Å². The van der Waals surface area contributed by atoms with Crippen molar-refractivity contribution in [2.24, 2.45) is 0 Å². The number of hydrogen-bond acceptors (Lipinski definition) is 2. The van der Waals surface area contributed by atoms with E-state index in [2.05, 4.69) is 22.1 Å². The van der Waals surface area contributed by atoms with Gasteiger partial charge in [-0.1, -0.05) is 0 Å². The molecule has 0 saturated carbocycles. The molecular formula is C12H22ClN3O. The highest BCUT2D eigenvalue weighted by Crippen LogP contribution is 2.14. The summed E-state index contributed by atoms with van der Waals surface area (Å²) in [4.78, 5) is 11.9. The summed E-state index contributed by atoms with van der Waals surface area (Å²) in [6.07, 6.45) is 0. The molecular weight excluding hydrogens is 238 g/mol. The van der Waals surface area contributed by atoms with E-state index in [1.165, 1.54) is 0 Å². The number of amides is 1. The fourth-order valence-electron chi connectivity index (χ4n) is 1.91. The van der Waals surface area contributed by atoms with Gasteiger partial charge in [-0.25, -0.2) is 0 Å². The molecule has 1 aromatic rings. The first kappa shape index (κ1) is 16.0. The normalized spacial score (nSPS) is 9.88. The molecule has 0 aliphatic rings. The lowest BCUT2D eigenvalue weighted by Crippen LogP contribution is -2.30. The van der Waals surface area contributed by atoms with Crippen molar-refractivity contribution in [1.29, 1.82) is 0 Å². The SMILES string of the molecule is CCn1c(C)cc(C(=O)NCCNC)c1C.Cl. The molecule has 17 heavy (non-hydrogen) atoms. The van der Waals surface area contributed by atoms with E-state index < -0.39 is 0 Å².